The molecule has 218 valence electrons. The van der Waals surface area contributed by atoms with Gasteiger partial charge in [-0.05, 0) is 48.4 Å². The van der Waals surface area contributed by atoms with E-state index in [-0.39, 0.29) is 46.7 Å². The molecule has 3 heterocycles. The normalized spacial score (nSPS) is 14.7. The van der Waals surface area contributed by atoms with Crippen LogP contribution in [0.1, 0.15) is 31.8 Å². The Balaban J connectivity index is 1.36. The molecule has 0 atom stereocenters. The van der Waals surface area contributed by atoms with Gasteiger partial charge in [-0.1, -0.05) is 53.5 Å². The Kier molecular flexibility index (Phi) is 7.28. The number of hydrogen-bond acceptors (Lipinski definition) is 7. The Morgan fingerprint density at radius 1 is 0.907 bits per heavy atom. The van der Waals surface area contributed by atoms with E-state index < -0.39 is 16.1 Å². The Morgan fingerprint density at radius 3 is 2.21 bits per heavy atom. The number of nitrogens with zero attached hydrogens (tertiary/aromatic N) is 5. The number of sulfonamides is 1. The van der Waals surface area contributed by atoms with Crippen molar-refractivity contribution in [2.24, 2.45) is 0 Å². The summed E-state index contributed by atoms with van der Waals surface area (Å²) >= 11 is 12.9. The average molecular weight is 638 g/mol. The van der Waals surface area contributed by atoms with Crippen molar-refractivity contribution < 1.29 is 22.8 Å². The van der Waals surface area contributed by atoms with Crippen LogP contribution in [0.3, 0.4) is 0 Å². The zero-order valence-corrected chi connectivity index (χ0v) is 24.8. The molecule has 1 N–H and O–H groups in total. The number of imide groups is 1. The first-order valence-corrected chi connectivity index (χ1v) is 15.6. The second kappa shape index (κ2) is 11.0. The van der Waals surface area contributed by atoms with E-state index in [1.165, 1.54) is 20.9 Å². The van der Waals surface area contributed by atoms with Crippen molar-refractivity contribution in [1.29, 1.82) is 0 Å². The van der Waals surface area contributed by atoms with E-state index in [0.29, 0.717) is 34.5 Å². The summed E-state index contributed by atoms with van der Waals surface area (Å²) in [5.74, 6) is -0.744. The Labute approximate surface area is 256 Å². The van der Waals surface area contributed by atoms with Gasteiger partial charge in [-0.3, -0.25) is 24.1 Å². The zero-order valence-electron chi connectivity index (χ0n) is 22.5. The predicted molar refractivity (Wildman–Crippen MR) is 163 cm³/mol. The van der Waals surface area contributed by atoms with Crippen molar-refractivity contribution in [3.05, 3.63) is 105 Å². The van der Waals surface area contributed by atoms with Crippen LogP contribution in [-0.2, 0) is 23.0 Å². The largest absolute Gasteiger partial charge is 0.335 e. The number of benzene rings is 3. The molecule has 0 radical (unpaired) electrons. The maximum atomic E-state index is 14.1. The summed E-state index contributed by atoms with van der Waals surface area (Å²) in [6, 6.07) is 18.0. The van der Waals surface area contributed by atoms with Crippen LogP contribution in [0.2, 0.25) is 10.0 Å². The van der Waals surface area contributed by atoms with E-state index in [1.54, 1.807) is 60.7 Å². The molecule has 0 fully saturated rings. The summed E-state index contributed by atoms with van der Waals surface area (Å²) in [4.78, 5) is 52.2. The van der Waals surface area contributed by atoms with Gasteiger partial charge in [0, 0.05) is 18.3 Å². The van der Waals surface area contributed by atoms with Crippen molar-refractivity contribution in [1.82, 2.24) is 14.9 Å². The molecule has 6 rings (SSSR count). The summed E-state index contributed by atoms with van der Waals surface area (Å²) < 4.78 is 26.0. The SMILES string of the molecule is CS(=O)(=O)Nc1ncc2c(n1)N(c1cccc(CCN3C(=O)c4ccccc4C3=O)c1)C(=O)N(c1c(Cl)cccc1Cl)C2. The number of anilines is 4. The lowest BCUT2D eigenvalue weighted by atomic mass is 10.1. The van der Waals surface area contributed by atoms with Crippen LogP contribution in [0.4, 0.5) is 27.9 Å². The molecule has 1 aromatic heterocycles. The zero-order chi connectivity index (χ0) is 30.5. The molecule has 0 aliphatic carbocycles. The highest BCUT2D eigenvalue weighted by molar-refractivity contribution is 7.92. The molecule has 14 heteroatoms. The van der Waals surface area contributed by atoms with Crippen molar-refractivity contribution in [3.8, 4) is 0 Å². The lowest BCUT2D eigenvalue weighted by Crippen LogP contribution is -2.46. The number of aromatic nitrogens is 2. The second-order valence-corrected chi connectivity index (χ2v) is 12.5. The molecule has 4 aromatic rings. The highest BCUT2D eigenvalue weighted by Gasteiger charge is 2.37. The van der Waals surface area contributed by atoms with Gasteiger partial charge in [-0.25, -0.2) is 23.1 Å². The fourth-order valence-electron chi connectivity index (χ4n) is 5.06. The minimum atomic E-state index is -3.70. The molecule has 0 spiro atoms. The highest BCUT2D eigenvalue weighted by atomic mass is 35.5. The van der Waals surface area contributed by atoms with E-state index in [0.717, 1.165) is 11.8 Å². The van der Waals surface area contributed by atoms with E-state index in [1.807, 2.05) is 6.07 Å². The molecule has 0 unspecified atom stereocenters. The lowest BCUT2D eigenvalue weighted by Gasteiger charge is -2.36. The number of carbonyl (C=O) groups excluding carboxylic acids is 3. The van der Waals surface area contributed by atoms with Crippen LogP contribution >= 0.6 is 23.2 Å². The van der Waals surface area contributed by atoms with E-state index in [2.05, 4.69) is 14.7 Å². The van der Waals surface area contributed by atoms with Gasteiger partial charge in [-0.15, -0.1) is 0 Å². The third-order valence-electron chi connectivity index (χ3n) is 6.96. The number of fused-ring (bicyclic) bond motifs is 2. The number of para-hydroxylation sites is 1. The van der Waals surface area contributed by atoms with Gasteiger partial charge >= 0.3 is 6.03 Å². The highest BCUT2D eigenvalue weighted by Crippen LogP contribution is 2.41. The van der Waals surface area contributed by atoms with Crippen LogP contribution in [0.5, 0.6) is 0 Å². The number of rotatable bonds is 7. The monoisotopic (exact) mass is 636 g/mol. The van der Waals surface area contributed by atoms with Gasteiger partial charge in [0.05, 0.1) is 45.3 Å². The molecule has 0 saturated heterocycles. The average Bonchev–Trinajstić information content (AvgIpc) is 3.20. The van der Waals surface area contributed by atoms with Gasteiger partial charge < -0.3 is 0 Å². The fraction of sp³-hybridized carbons (Fsp3) is 0.138. The molecule has 43 heavy (non-hydrogen) atoms. The number of halogens is 2. The summed E-state index contributed by atoms with van der Waals surface area (Å²) in [6.07, 6.45) is 2.72. The molecule has 11 nitrogen and oxygen atoms in total. The minimum Gasteiger partial charge on any atom is -0.286 e. The van der Waals surface area contributed by atoms with Crippen molar-refractivity contribution in [3.63, 3.8) is 0 Å². The molecule has 0 saturated carbocycles. The Hall–Kier alpha value is -4.52. The van der Waals surface area contributed by atoms with Gasteiger partial charge in [-0.2, -0.15) is 4.98 Å². The number of nitrogens with one attached hydrogen (secondary N) is 1. The third-order valence-corrected chi connectivity index (χ3v) is 8.12. The fourth-order valence-corrected chi connectivity index (χ4v) is 6.09. The predicted octanol–water partition coefficient (Wildman–Crippen LogP) is 5.27. The van der Waals surface area contributed by atoms with Gasteiger partial charge in [0.25, 0.3) is 11.8 Å². The quantitative estimate of drug-likeness (QED) is 0.273. The van der Waals surface area contributed by atoms with Crippen LogP contribution in [0.15, 0.2) is 72.9 Å². The van der Waals surface area contributed by atoms with Crippen molar-refractivity contribution >= 4 is 74.2 Å². The van der Waals surface area contributed by atoms with E-state index in [4.69, 9.17) is 23.2 Å². The van der Waals surface area contributed by atoms with Crippen molar-refractivity contribution in [2.75, 3.05) is 27.3 Å². The number of carbonyl (C=O) groups is 3. The second-order valence-electron chi connectivity index (χ2n) is 9.92. The maximum Gasteiger partial charge on any atom is 0.335 e. The number of amides is 4. The molecule has 0 bridgehead atoms. The third kappa shape index (κ3) is 5.40. The van der Waals surface area contributed by atoms with Crippen LogP contribution in [0.25, 0.3) is 0 Å². The first-order valence-electron chi connectivity index (χ1n) is 13.0. The summed E-state index contributed by atoms with van der Waals surface area (Å²) in [5.41, 5.74) is 2.68. The summed E-state index contributed by atoms with van der Waals surface area (Å²) in [7, 11) is -3.70. The molecular formula is C29H22Cl2N6O5S. The molecule has 3 aromatic carbocycles. The molecular weight excluding hydrogens is 615 g/mol. The summed E-state index contributed by atoms with van der Waals surface area (Å²) in [6.45, 7) is 0.152. The lowest BCUT2D eigenvalue weighted by molar-refractivity contribution is 0.0656. The molecule has 2 aliphatic rings. The van der Waals surface area contributed by atoms with Gasteiger partial charge in [0.15, 0.2) is 5.82 Å². The van der Waals surface area contributed by atoms with E-state index >= 15 is 0 Å². The molecule has 4 amide bonds. The van der Waals surface area contributed by atoms with Crippen LogP contribution in [0, 0.1) is 0 Å². The first kappa shape index (κ1) is 28.6. The topological polar surface area (TPSA) is 133 Å². The van der Waals surface area contributed by atoms with Gasteiger partial charge in [0.2, 0.25) is 16.0 Å². The first-order chi connectivity index (χ1) is 20.5. The molecule has 2 aliphatic heterocycles. The number of hydrogen-bond donors (Lipinski definition) is 1. The van der Waals surface area contributed by atoms with Crippen LogP contribution < -0.4 is 14.5 Å². The maximum absolute atomic E-state index is 14.1. The Morgan fingerprint density at radius 2 is 1.56 bits per heavy atom. The van der Waals surface area contributed by atoms with Crippen LogP contribution in [-0.4, -0.2) is 53.9 Å². The van der Waals surface area contributed by atoms with Crippen molar-refractivity contribution in [2.45, 2.75) is 13.0 Å². The van der Waals surface area contributed by atoms with E-state index in [9.17, 15) is 22.8 Å². The summed E-state index contributed by atoms with van der Waals surface area (Å²) in [5, 5.41) is 0.519. The minimum absolute atomic E-state index is 0.0205. The smallest absolute Gasteiger partial charge is 0.286 e. The number of urea groups is 1. The Bertz CT molecular complexity index is 1880. The van der Waals surface area contributed by atoms with Gasteiger partial charge in [0.1, 0.15) is 0 Å². The standard InChI is InChI=1S/C29H22Cl2N6O5S/c1-43(41,42)34-28-32-15-18-16-36(24-22(30)10-5-11-23(24)31)29(40)37(25(18)33-28)19-7-4-6-17(14-19)12-13-35-26(38)20-8-2-3-9-21(20)27(35)39/h2-11,14-15H,12-13,16H2,1H3,(H,32,33,34).